The Morgan fingerprint density at radius 2 is 1.87 bits per heavy atom. The number of carbonyl (C=O) groups excluding carboxylic acids is 1. The largest absolute Gasteiger partial charge is 0.486 e. The molecule has 2 aromatic carbocycles. The first-order valence-electron chi connectivity index (χ1n) is 7.49. The van der Waals surface area contributed by atoms with Crippen LogP contribution in [0.2, 0.25) is 0 Å². The number of benzene rings is 2. The van der Waals surface area contributed by atoms with Crippen LogP contribution < -0.4 is 9.47 Å². The summed E-state index contributed by atoms with van der Waals surface area (Å²) < 4.78 is 24.6. The molecule has 0 bridgehead atoms. The van der Waals surface area contributed by atoms with Crippen LogP contribution in [0.3, 0.4) is 0 Å². The van der Waals surface area contributed by atoms with Crippen LogP contribution in [0.15, 0.2) is 42.5 Å². The van der Waals surface area contributed by atoms with Gasteiger partial charge in [0.1, 0.15) is 19.0 Å². The van der Waals surface area contributed by atoms with Gasteiger partial charge in [0.25, 0.3) is 0 Å². The summed E-state index contributed by atoms with van der Waals surface area (Å²) in [5.41, 5.74) is 1.35. The van der Waals surface area contributed by atoms with Crippen molar-refractivity contribution >= 4 is 5.91 Å². The van der Waals surface area contributed by atoms with E-state index in [1.165, 1.54) is 11.0 Å². The lowest BCUT2D eigenvalue weighted by Crippen LogP contribution is -2.28. The zero-order chi connectivity index (χ0) is 16.2. The molecule has 4 nitrogen and oxygen atoms in total. The summed E-state index contributed by atoms with van der Waals surface area (Å²) in [5.74, 6) is 0.988. The molecule has 0 radical (unpaired) electrons. The molecule has 120 valence electrons. The second kappa shape index (κ2) is 6.69. The van der Waals surface area contributed by atoms with Crippen molar-refractivity contribution in [2.45, 2.75) is 13.0 Å². The maximum Gasteiger partial charge on any atom is 0.227 e. The van der Waals surface area contributed by atoms with Crippen molar-refractivity contribution in [2.75, 3.05) is 20.3 Å². The number of likely N-dealkylation sites (N-methyl/N-ethyl adjacent to an activating group) is 1. The molecule has 0 saturated heterocycles. The average molecular weight is 315 g/mol. The third-order valence-electron chi connectivity index (χ3n) is 3.75. The minimum Gasteiger partial charge on any atom is -0.486 e. The first kappa shape index (κ1) is 15.3. The highest BCUT2D eigenvalue weighted by molar-refractivity contribution is 5.78. The first-order chi connectivity index (χ1) is 11.1. The monoisotopic (exact) mass is 315 g/mol. The van der Waals surface area contributed by atoms with Gasteiger partial charge in [-0.05, 0) is 23.8 Å². The Bertz CT molecular complexity index is 717. The molecular weight excluding hydrogens is 297 g/mol. The van der Waals surface area contributed by atoms with Crippen LogP contribution >= 0.6 is 0 Å². The van der Waals surface area contributed by atoms with Crippen molar-refractivity contribution in [3.05, 3.63) is 59.4 Å². The van der Waals surface area contributed by atoms with Gasteiger partial charge in [0.15, 0.2) is 11.5 Å². The Hall–Kier alpha value is -2.56. The van der Waals surface area contributed by atoms with Crippen LogP contribution in [0.5, 0.6) is 11.5 Å². The standard InChI is InChI=1S/C18H18FNO3/c1-20(12-14-4-2-3-5-15(14)19)18(21)11-13-6-7-16-17(10-13)23-9-8-22-16/h2-7,10H,8-9,11-12H2,1H3. The van der Waals surface area contributed by atoms with E-state index in [0.717, 1.165) is 5.56 Å². The third kappa shape index (κ3) is 3.62. The van der Waals surface area contributed by atoms with Gasteiger partial charge in [-0.2, -0.15) is 0 Å². The molecule has 1 heterocycles. The highest BCUT2D eigenvalue weighted by atomic mass is 19.1. The van der Waals surface area contributed by atoms with E-state index in [9.17, 15) is 9.18 Å². The summed E-state index contributed by atoms with van der Waals surface area (Å²) in [4.78, 5) is 13.9. The van der Waals surface area contributed by atoms with Crippen LogP contribution in [0.25, 0.3) is 0 Å². The van der Waals surface area contributed by atoms with Gasteiger partial charge in [0, 0.05) is 19.2 Å². The number of carbonyl (C=O) groups is 1. The molecule has 0 saturated carbocycles. The van der Waals surface area contributed by atoms with E-state index in [4.69, 9.17) is 9.47 Å². The quantitative estimate of drug-likeness (QED) is 0.871. The van der Waals surface area contributed by atoms with Gasteiger partial charge in [-0.25, -0.2) is 4.39 Å². The molecule has 0 unspecified atom stereocenters. The van der Waals surface area contributed by atoms with Crippen LogP contribution in [-0.4, -0.2) is 31.1 Å². The number of ether oxygens (including phenoxy) is 2. The van der Waals surface area contributed by atoms with Gasteiger partial charge in [-0.1, -0.05) is 24.3 Å². The van der Waals surface area contributed by atoms with Crippen molar-refractivity contribution in [3.63, 3.8) is 0 Å². The van der Waals surface area contributed by atoms with Gasteiger partial charge in [-0.3, -0.25) is 4.79 Å². The lowest BCUT2D eigenvalue weighted by Gasteiger charge is -2.20. The molecule has 0 atom stereocenters. The Labute approximate surface area is 134 Å². The Morgan fingerprint density at radius 1 is 1.13 bits per heavy atom. The Balaban J connectivity index is 1.65. The fourth-order valence-electron chi connectivity index (χ4n) is 2.48. The average Bonchev–Trinajstić information content (AvgIpc) is 2.56. The fourth-order valence-corrected chi connectivity index (χ4v) is 2.48. The van der Waals surface area contributed by atoms with Crippen molar-refractivity contribution in [3.8, 4) is 11.5 Å². The van der Waals surface area contributed by atoms with E-state index in [1.54, 1.807) is 25.2 Å². The molecule has 0 aliphatic carbocycles. The minimum absolute atomic E-state index is 0.0788. The predicted octanol–water partition coefficient (Wildman–Crippen LogP) is 2.80. The SMILES string of the molecule is CN(Cc1ccccc1F)C(=O)Cc1ccc2c(c1)OCCO2. The van der Waals surface area contributed by atoms with E-state index in [1.807, 2.05) is 18.2 Å². The van der Waals surface area contributed by atoms with Gasteiger partial charge < -0.3 is 14.4 Å². The maximum absolute atomic E-state index is 13.7. The lowest BCUT2D eigenvalue weighted by molar-refractivity contribution is -0.129. The lowest BCUT2D eigenvalue weighted by atomic mass is 10.1. The molecule has 0 aromatic heterocycles. The number of amides is 1. The molecule has 5 heteroatoms. The van der Waals surface area contributed by atoms with Crippen LogP contribution in [0, 0.1) is 5.82 Å². The smallest absolute Gasteiger partial charge is 0.227 e. The summed E-state index contributed by atoms with van der Waals surface area (Å²) >= 11 is 0. The molecule has 1 aliphatic heterocycles. The van der Waals surface area contributed by atoms with Gasteiger partial charge in [0.05, 0.1) is 6.42 Å². The topological polar surface area (TPSA) is 38.8 Å². The number of fused-ring (bicyclic) bond motifs is 1. The van der Waals surface area contributed by atoms with Crippen molar-refractivity contribution in [1.29, 1.82) is 0 Å². The molecule has 23 heavy (non-hydrogen) atoms. The molecule has 1 aliphatic rings. The number of hydrogen-bond donors (Lipinski definition) is 0. The zero-order valence-electron chi connectivity index (χ0n) is 12.9. The second-order valence-corrected chi connectivity index (χ2v) is 5.50. The summed E-state index contributed by atoms with van der Waals surface area (Å²) in [6.07, 6.45) is 0.238. The second-order valence-electron chi connectivity index (χ2n) is 5.50. The highest BCUT2D eigenvalue weighted by Gasteiger charge is 2.15. The number of rotatable bonds is 4. The molecule has 0 spiro atoms. The van der Waals surface area contributed by atoms with E-state index in [2.05, 4.69) is 0 Å². The van der Waals surface area contributed by atoms with Crippen LogP contribution in [0.1, 0.15) is 11.1 Å². The Kier molecular flexibility index (Phi) is 4.46. The third-order valence-corrected chi connectivity index (χ3v) is 3.75. The molecule has 1 amide bonds. The summed E-state index contributed by atoms with van der Waals surface area (Å²) in [6, 6.07) is 12.0. The maximum atomic E-state index is 13.7. The van der Waals surface area contributed by atoms with E-state index < -0.39 is 0 Å². The molecular formula is C18H18FNO3. The van der Waals surface area contributed by atoms with Crippen molar-refractivity contribution in [2.24, 2.45) is 0 Å². The highest BCUT2D eigenvalue weighted by Crippen LogP contribution is 2.31. The van der Waals surface area contributed by atoms with E-state index in [-0.39, 0.29) is 24.7 Å². The van der Waals surface area contributed by atoms with Crippen LogP contribution in [0.4, 0.5) is 4.39 Å². The number of halogens is 1. The molecule has 0 N–H and O–H groups in total. The van der Waals surface area contributed by atoms with Crippen LogP contribution in [-0.2, 0) is 17.8 Å². The zero-order valence-corrected chi connectivity index (χ0v) is 12.9. The summed E-state index contributed by atoms with van der Waals surface area (Å²) in [5, 5.41) is 0. The van der Waals surface area contributed by atoms with Crippen molar-refractivity contribution < 1.29 is 18.7 Å². The summed E-state index contributed by atoms with van der Waals surface area (Å²) in [6.45, 7) is 1.30. The van der Waals surface area contributed by atoms with E-state index in [0.29, 0.717) is 30.3 Å². The van der Waals surface area contributed by atoms with Gasteiger partial charge in [-0.15, -0.1) is 0 Å². The Morgan fingerprint density at radius 3 is 2.65 bits per heavy atom. The summed E-state index contributed by atoms with van der Waals surface area (Å²) in [7, 11) is 1.67. The minimum atomic E-state index is -0.300. The first-order valence-corrected chi connectivity index (χ1v) is 7.49. The fraction of sp³-hybridized carbons (Fsp3) is 0.278. The predicted molar refractivity (Wildman–Crippen MR) is 84.0 cm³/mol. The van der Waals surface area contributed by atoms with E-state index >= 15 is 0 Å². The number of nitrogens with zero attached hydrogens (tertiary/aromatic N) is 1. The van der Waals surface area contributed by atoms with Gasteiger partial charge in [0.2, 0.25) is 5.91 Å². The van der Waals surface area contributed by atoms with Crippen molar-refractivity contribution in [1.82, 2.24) is 4.90 Å². The molecule has 0 fully saturated rings. The normalized spacial score (nSPS) is 12.8. The van der Waals surface area contributed by atoms with Gasteiger partial charge >= 0.3 is 0 Å². The molecule has 3 rings (SSSR count). The number of hydrogen-bond acceptors (Lipinski definition) is 3. The molecule has 2 aromatic rings.